The molecule has 2 fully saturated rings. The second kappa shape index (κ2) is 6.59. The number of carbonyl (C=O) groups is 1. The van der Waals surface area contributed by atoms with Gasteiger partial charge in [-0.15, -0.1) is 0 Å². The Morgan fingerprint density at radius 1 is 1.32 bits per heavy atom. The summed E-state index contributed by atoms with van der Waals surface area (Å²) in [6.07, 6.45) is 7.58. The number of hydrogen-bond acceptors (Lipinski definition) is 2. The van der Waals surface area contributed by atoms with Crippen molar-refractivity contribution in [3.8, 4) is 0 Å². The highest BCUT2D eigenvalue weighted by Crippen LogP contribution is 2.41. The van der Waals surface area contributed by atoms with Gasteiger partial charge in [0.1, 0.15) is 0 Å². The molecule has 0 heterocycles. The van der Waals surface area contributed by atoms with Crippen molar-refractivity contribution in [2.24, 2.45) is 11.7 Å². The van der Waals surface area contributed by atoms with Gasteiger partial charge in [0, 0.05) is 17.6 Å². The molecule has 4 heteroatoms. The van der Waals surface area contributed by atoms with E-state index in [1.54, 1.807) is 0 Å². The second-order valence-corrected chi connectivity index (χ2v) is 7.24. The summed E-state index contributed by atoms with van der Waals surface area (Å²) in [4.78, 5) is 13.1. The van der Waals surface area contributed by atoms with E-state index in [9.17, 15) is 4.79 Å². The predicted molar refractivity (Wildman–Crippen MR) is 89.9 cm³/mol. The van der Waals surface area contributed by atoms with Crippen LogP contribution < -0.4 is 11.1 Å². The molecule has 0 aliphatic heterocycles. The predicted octanol–water partition coefficient (Wildman–Crippen LogP) is 3.40. The van der Waals surface area contributed by atoms with E-state index < -0.39 is 5.41 Å². The van der Waals surface area contributed by atoms with Crippen molar-refractivity contribution in [3.63, 3.8) is 0 Å². The van der Waals surface area contributed by atoms with Gasteiger partial charge in [-0.2, -0.15) is 0 Å². The summed E-state index contributed by atoms with van der Waals surface area (Å²) in [6, 6.07) is 7.95. The largest absolute Gasteiger partial charge is 0.351 e. The molecule has 1 aromatic rings. The van der Waals surface area contributed by atoms with Crippen LogP contribution in [0.1, 0.15) is 50.5 Å². The summed E-state index contributed by atoms with van der Waals surface area (Å²) in [5.74, 6) is 0.728. The van der Waals surface area contributed by atoms with Crippen LogP contribution in [0.3, 0.4) is 0 Å². The molecule has 22 heavy (non-hydrogen) atoms. The fourth-order valence-electron chi connectivity index (χ4n) is 3.76. The maximum absolute atomic E-state index is 13.1. The van der Waals surface area contributed by atoms with Crippen molar-refractivity contribution < 1.29 is 4.79 Å². The highest BCUT2D eigenvalue weighted by molar-refractivity contribution is 6.30. The van der Waals surface area contributed by atoms with E-state index in [2.05, 4.69) is 5.32 Å². The zero-order valence-corrected chi connectivity index (χ0v) is 13.7. The van der Waals surface area contributed by atoms with E-state index in [0.717, 1.165) is 31.2 Å². The van der Waals surface area contributed by atoms with Crippen LogP contribution in [0.25, 0.3) is 0 Å². The minimum atomic E-state index is -0.425. The molecular formula is C18H25ClN2O. The molecule has 0 saturated heterocycles. The number of nitrogens with two attached hydrogens (primary N) is 1. The van der Waals surface area contributed by atoms with Crippen LogP contribution in [0.2, 0.25) is 5.02 Å². The molecule has 3 rings (SSSR count). The highest BCUT2D eigenvalue weighted by Gasteiger charge is 2.43. The topological polar surface area (TPSA) is 55.1 Å². The average Bonchev–Trinajstić information content (AvgIpc) is 3.38. The first-order chi connectivity index (χ1) is 10.7. The molecule has 0 bridgehead atoms. The van der Waals surface area contributed by atoms with Gasteiger partial charge in [-0.3, -0.25) is 4.79 Å². The molecule has 3 N–H and O–H groups in total. The normalized spacial score (nSPS) is 22.1. The van der Waals surface area contributed by atoms with Crippen LogP contribution in [-0.2, 0) is 10.2 Å². The summed E-state index contributed by atoms with van der Waals surface area (Å²) in [5, 5.41) is 3.95. The molecule has 0 radical (unpaired) electrons. The summed E-state index contributed by atoms with van der Waals surface area (Å²) in [5.41, 5.74) is 6.50. The van der Waals surface area contributed by atoms with Gasteiger partial charge >= 0.3 is 0 Å². The average molecular weight is 321 g/mol. The summed E-state index contributed by atoms with van der Waals surface area (Å²) in [6.45, 7) is 0.530. The molecular weight excluding hydrogens is 296 g/mol. The third-order valence-corrected chi connectivity index (χ3v) is 5.52. The number of nitrogens with one attached hydrogen (secondary N) is 1. The van der Waals surface area contributed by atoms with Gasteiger partial charge < -0.3 is 11.1 Å². The fraction of sp³-hybridized carbons (Fsp3) is 0.611. The Labute approximate surface area is 137 Å². The molecule has 1 atom stereocenters. The smallest absolute Gasteiger partial charge is 0.230 e. The standard InChI is InChI=1S/C18H25ClN2O/c19-15-6-4-5-14(11-15)18(9-2-1-3-10-18)17(22)21-16(12-20)13-7-8-13/h4-6,11,13,16H,1-3,7-10,12,20H2,(H,21,22). The maximum Gasteiger partial charge on any atom is 0.230 e. The first-order valence-electron chi connectivity index (χ1n) is 8.43. The molecule has 3 nitrogen and oxygen atoms in total. The number of carbonyl (C=O) groups excluding carboxylic acids is 1. The Morgan fingerprint density at radius 3 is 2.64 bits per heavy atom. The molecule has 0 spiro atoms. The third-order valence-electron chi connectivity index (χ3n) is 5.28. The molecule has 120 valence electrons. The zero-order chi connectivity index (χ0) is 15.6. The fourth-order valence-corrected chi connectivity index (χ4v) is 3.95. The summed E-state index contributed by atoms with van der Waals surface area (Å²) >= 11 is 6.17. The lowest BCUT2D eigenvalue weighted by atomic mass is 9.68. The van der Waals surface area contributed by atoms with E-state index in [4.69, 9.17) is 17.3 Å². The van der Waals surface area contributed by atoms with Crippen molar-refractivity contribution in [3.05, 3.63) is 34.9 Å². The Kier molecular flexibility index (Phi) is 4.74. The number of rotatable bonds is 5. The van der Waals surface area contributed by atoms with Crippen LogP contribution in [0.15, 0.2) is 24.3 Å². The minimum absolute atomic E-state index is 0.130. The quantitative estimate of drug-likeness (QED) is 0.873. The monoisotopic (exact) mass is 320 g/mol. The van der Waals surface area contributed by atoms with E-state index >= 15 is 0 Å². The van der Waals surface area contributed by atoms with Crippen molar-refractivity contribution in [1.29, 1.82) is 0 Å². The van der Waals surface area contributed by atoms with Gasteiger partial charge in [0.15, 0.2) is 0 Å². The maximum atomic E-state index is 13.1. The van der Waals surface area contributed by atoms with Crippen LogP contribution in [0.4, 0.5) is 0 Å². The molecule has 1 amide bonds. The van der Waals surface area contributed by atoms with Gasteiger partial charge in [0.05, 0.1) is 5.41 Å². The Hall–Kier alpha value is -1.06. The van der Waals surface area contributed by atoms with Crippen LogP contribution in [0.5, 0.6) is 0 Å². The van der Waals surface area contributed by atoms with Crippen molar-refractivity contribution >= 4 is 17.5 Å². The summed E-state index contributed by atoms with van der Waals surface area (Å²) < 4.78 is 0. The SMILES string of the molecule is NCC(NC(=O)C1(c2cccc(Cl)c2)CCCCC1)C1CC1. The van der Waals surface area contributed by atoms with Crippen molar-refractivity contribution in [2.45, 2.75) is 56.4 Å². The summed E-state index contributed by atoms with van der Waals surface area (Å²) in [7, 11) is 0. The van der Waals surface area contributed by atoms with Crippen LogP contribution >= 0.6 is 11.6 Å². The van der Waals surface area contributed by atoms with Gasteiger partial charge in [-0.1, -0.05) is 43.0 Å². The van der Waals surface area contributed by atoms with Crippen molar-refractivity contribution in [2.75, 3.05) is 6.54 Å². The lowest BCUT2D eigenvalue weighted by Gasteiger charge is -2.37. The number of benzene rings is 1. The van der Waals surface area contributed by atoms with E-state index in [-0.39, 0.29) is 11.9 Å². The van der Waals surface area contributed by atoms with Gasteiger partial charge in [0.25, 0.3) is 0 Å². The lowest BCUT2D eigenvalue weighted by Crippen LogP contribution is -2.52. The number of halogens is 1. The first-order valence-corrected chi connectivity index (χ1v) is 8.80. The van der Waals surface area contributed by atoms with Gasteiger partial charge in [-0.05, 0) is 49.3 Å². The van der Waals surface area contributed by atoms with Gasteiger partial charge in [0.2, 0.25) is 5.91 Å². The third kappa shape index (κ3) is 3.16. The molecule has 2 saturated carbocycles. The van der Waals surface area contributed by atoms with Crippen LogP contribution in [-0.4, -0.2) is 18.5 Å². The second-order valence-electron chi connectivity index (χ2n) is 6.81. The lowest BCUT2D eigenvalue weighted by molar-refractivity contribution is -0.128. The number of amides is 1. The van der Waals surface area contributed by atoms with Gasteiger partial charge in [-0.25, -0.2) is 0 Å². The molecule has 1 aromatic carbocycles. The number of hydrogen-bond donors (Lipinski definition) is 2. The zero-order valence-electron chi connectivity index (χ0n) is 13.0. The Bertz CT molecular complexity index is 536. The molecule has 1 unspecified atom stereocenters. The molecule has 2 aliphatic rings. The van der Waals surface area contributed by atoms with E-state index in [1.165, 1.54) is 19.3 Å². The Balaban J connectivity index is 1.86. The minimum Gasteiger partial charge on any atom is -0.351 e. The molecule has 2 aliphatic carbocycles. The molecule has 0 aromatic heterocycles. The van der Waals surface area contributed by atoms with Crippen molar-refractivity contribution in [1.82, 2.24) is 5.32 Å². The first kappa shape index (κ1) is 15.8. The van der Waals surface area contributed by atoms with Crippen LogP contribution in [0, 0.1) is 5.92 Å². The van der Waals surface area contributed by atoms with E-state index in [1.807, 2.05) is 24.3 Å². The van der Waals surface area contributed by atoms with E-state index in [0.29, 0.717) is 17.5 Å². The Morgan fingerprint density at radius 2 is 2.05 bits per heavy atom. The highest BCUT2D eigenvalue weighted by atomic mass is 35.5.